The van der Waals surface area contributed by atoms with Crippen molar-refractivity contribution in [1.82, 2.24) is 10.7 Å². The summed E-state index contributed by atoms with van der Waals surface area (Å²) >= 11 is 2.17. The molecule has 1 fully saturated rings. The van der Waals surface area contributed by atoms with Crippen LogP contribution >= 0.6 is 22.6 Å². The molecule has 7 heteroatoms. The molecule has 1 aromatic carbocycles. The standard InChI is InChI=1S/C16H20IN3O3/c1-11(9-15(21)18-10-14-3-2-8-23-14)19-20-16(22)12-4-6-13(17)7-5-12/h4-7,14H,2-3,8-10H2,1H3,(H,18,21)(H,20,22)/b19-11-/t14-/m1/s1. The summed E-state index contributed by atoms with van der Waals surface area (Å²) < 4.78 is 6.50. The summed E-state index contributed by atoms with van der Waals surface area (Å²) in [7, 11) is 0. The zero-order valence-corrected chi connectivity index (χ0v) is 15.1. The van der Waals surface area contributed by atoms with E-state index in [1.54, 1.807) is 19.1 Å². The smallest absolute Gasteiger partial charge is 0.271 e. The molecule has 1 saturated heterocycles. The first-order chi connectivity index (χ1) is 11.0. The second-order valence-corrected chi connectivity index (χ2v) is 6.66. The predicted molar refractivity (Wildman–Crippen MR) is 96.3 cm³/mol. The average Bonchev–Trinajstić information content (AvgIpc) is 3.05. The van der Waals surface area contributed by atoms with E-state index in [4.69, 9.17) is 4.74 Å². The van der Waals surface area contributed by atoms with Crippen LogP contribution in [0.4, 0.5) is 0 Å². The van der Waals surface area contributed by atoms with Crippen molar-refractivity contribution in [3.8, 4) is 0 Å². The minimum Gasteiger partial charge on any atom is -0.376 e. The average molecular weight is 429 g/mol. The second-order valence-electron chi connectivity index (χ2n) is 5.41. The fraction of sp³-hybridized carbons (Fsp3) is 0.438. The van der Waals surface area contributed by atoms with Gasteiger partial charge in [0.05, 0.1) is 12.5 Å². The quantitative estimate of drug-likeness (QED) is 0.413. The summed E-state index contributed by atoms with van der Waals surface area (Å²) in [6.07, 6.45) is 2.31. The molecule has 1 aliphatic rings. The van der Waals surface area contributed by atoms with Crippen LogP contribution in [0.3, 0.4) is 0 Å². The number of carbonyl (C=O) groups is 2. The summed E-state index contributed by atoms with van der Waals surface area (Å²) in [5.41, 5.74) is 3.54. The summed E-state index contributed by atoms with van der Waals surface area (Å²) in [5, 5.41) is 6.79. The van der Waals surface area contributed by atoms with E-state index in [1.165, 1.54) is 0 Å². The Kier molecular flexibility index (Phi) is 6.97. The molecule has 6 nitrogen and oxygen atoms in total. The Morgan fingerprint density at radius 2 is 2.09 bits per heavy atom. The normalized spacial score (nSPS) is 17.8. The number of benzene rings is 1. The van der Waals surface area contributed by atoms with E-state index >= 15 is 0 Å². The molecule has 0 saturated carbocycles. The first kappa shape index (κ1) is 17.9. The number of hydrazone groups is 1. The summed E-state index contributed by atoms with van der Waals surface area (Å²) in [6, 6.07) is 7.17. The van der Waals surface area contributed by atoms with Gasteiger partial charge in [-0.05, 0) is 66.6 Å². The lowest BCUT2D eigenvalue weighted by atomic mass is 10.2. The lowest BCUT2D eigenvalue weighted by molar-refractivity contribution is -0.120. The molecule has 2 rings (SSSR count). The van der Waals surface area contributed by atoms with E-state index in [1.807, 2.05) is 12.1 Å². The van der Waals surface area contributed by atoms with Crippen LogP contribution in [0.2, 0.25) is 0 Å². The summed E-state index contributed by atoms with van der Waals surface area (Å²) in [6.45, 7) is 3.01. The Balaban J connectivity index is 1.74. The molecule has 2 amide bonds. The number of halogens is 1. The van der Waals surface area contributed by atoms with Crippen molar-refractivity contribution in [2.75, 3.05) is 13.2 Å². The number of rotatable bonds is 6. The number of ether oxygens (including phenoxy) is 1. The molecule has 2 N–H and O–H groups in total. The van der Waals surface area contributed by atoms with Crippen LogP contribution in [0, 0.1) is 3.57 Å². The van der Waals surface area contributed by atoms with Gasteiger partial charge in [0, 0.05) is 28.0 Å². The van der Waals surface area contributed by atoms with E-state index in [0.717, 1.165) is 23.0 Å². The zero-order valence-electron chi connectivity index (χ0n) is 13.0. The van der Waals surface area contributed by atoms with Crippen LogP contribution < -0.4 is 10.7 Å². The highest BCUT2D eigenvalue weighted by Crippen LogP contribution is 2.10. The first-order valence-electron chi connectivity index (χ1n) is 7.52. The molecule has 0 aromatic heterocycles. The minimum atomic E-state index is -0.291. The predicted octanol–water partition coefficient (Wildman–Crippen LogP) is 2.08. The molecule has 0 aliphatic carbocycles. The molecule has 1 atom stereocenters. The van der Waals surface area contributed by atoms with Crippen LogP contribution in [0.5, 0.6) is 0 Å². The van der Waals surface area contributed by atoms with Gasteiger partial charge >= 0.3 is 0 Å². The number of nitrogens with zero attached hydrogens (tertiary/aromatic N) is 1. The molecular formula is C16H20IN3O3. The lowest BCUT2D eigenvalue weighted by Crippen LogP contribution is -2.33. The van der Waals surface area contributed by atoms with Gasteiger partial charge in [-0.3, -0.25) is 9.59 Å². The fourth-order valence-electron chi connectivity index (χ4n) is 2.18. The number of amides is 2. The summed E-state index contributed by atoms with van der Waals surface area (Å²) in [4.78, 5) is 23.7. The van der Waals surface area contributed by atoms with Crippen molar-refractivity contribution in [3.05, 3.63) is 33.4 Å². The topological polar surface area (TPSA) is 79.8 Å². The van der Waals surface area contributed by atoms with Crippen LogP contribution in [0.25, 0.3) is 0 Å². The Morgan fingerprint density at radius 3 is 2.74 bits per heavy atom. The van der Waals surface area contributed by atoms with Crippen molar-refractivity contribution in [2.24, 2.45) is 5.10 Å². The number of nitrogens with one attached hydrogen (secondary N) is 2. The van der Waals surface area contributed by atoms with Gasteiger partial charge in [-0.1, -0.05) is 0 Å². The van der Waals surface area contributed by atoms with Crippen molar-refractivity contribution < 1.29 is 14.3 Å². The molecule has 0 unspecified atom stereocenters. The third-order valence-corrected chi connectivity index (χ3v) is 4.14. The highest BCUT2D eigenvalue weighted by molar-refractivity contribution is 14.1. The SMILES string of the molecule is C/C(CC(=O)NC[C@H]1CCCO1)=N/NC(=O)c1ccc(I)cc1. The van der Waals surface area contributed by atoms with E-state index in [9.17, 15) is 9.59 Å². The largest absolute Gasteiger partial charge is 0.376 e. The van der Waals surface area contributed by atoms with Gasteiger partial charge in [-0.2, -0.15) is 5.10 Å². The Morgan fingerprint density at radius 1 is 1.35 bits per heavy atom. The third-order valence-electron chi connectivity index (χ3n) is 3.42. The molecular weight excluding hydrogens is 409 g/mol. The Labute approximate surface area is 149 Å². The van der Waals surface area contributed by atoms with Gasteiger partial charge in [0.1, 0.15) is 0 Å². The van der Waals surface area contributed by atoms with Crippen molar-refractivity contribution in [1.29, 1.82) is 0 Å². The maximum Gasteiger partial charge on any atom is 0.271 e. The molecule has 23 heavy (non-hydrogen) atoms. The van der Waals surface area contributed by atoms with Crippen molar-refractivity contribution >= 4 is 40.1 Å². The van der Waals surface area contributed by atoms with Gasteiger partial charge in [0.15, 0.2) is 0 Å². The van der Waals surface area contributed by atoms with Gasteiger partial charge in [0.25, 0.3) is 5.91 Å². The van der Waals surface area contributed by atoms with Gasteiger partial charge in [-0.25, -0.2) is 5.43 Å². The lowest BCUT2D eigenvalue weighted by Gasteiger charge is -2.10. The van der Waals surface area contributed by atoms with E-state index in [2.05, 4.69) is 38.4 Å². The maximum absolute atomic E-state index is 11.9. The fourth-order valence-corrected chi connectivity index (χ4v) is 2.54. The van der Waals surface area contributed by atoms with E-state index < -0.39 is 0 Å². The van der Waals surface area contributed by atoms with Crippen LogP contribution in [-0.4, -0.2) is 36.8 Å². The molecule has 1 aromatic rings. The minimum absolute atomic E-state index is 0.120. The van der Waals surface area contributed by atoms with Crippen LogP contribution in [0.15, 0.2) is 29.4 Å². The summed E-state index contributed by atoms with van der Waals surface area (Å²) in [5.74, 6) is -0.411. The third kappa shape index (κ3) is 6.26. The molecule has 0 radical (unpaired) electrons. The second kappa shape index (κ2) is 8.97. The molecule has 1 aliphatic heterocycles. The molecule has 1 heterocycles. The number of carbonyl (C=O) groups excluding carboxylic acids is 2. The Bertz CT molecular complexity index is 581. The van der Waals surface area contributed by atoms with Crippen molar-refractivity contribution in [3.63, 3.8) is 0 Å². The van der Waals surface area contributed by atoms with Gasteiger partial charge < -0.3 is 10.1 Å². The number of hydrogen-bond donors (Lipinski definition) is 2. The van der Waals surface area contributed by atoms with Gasteiger partial charge in [0.2, 0.25) is 5.91 Å². The highest BCUT2D eigenvalue weighted by Gasteiger charge is 2.16. The van der Waals surface area contributed by atoms with Gasteiger partial charge in [-0.15, -0.1) is 0 Å². The van der Waals surface area contributed by atoms with Crippen LogP contribution in [-0.2, 0) is 9.53 Å². The Hall–Kier alpha value is -1.48. The van der Waals surface area contributed by atoms with E-state index in [-0.39, 0.29) is 24.3 Å². The zero-order chi connectivity index (χ0) is 16.7. The van der Waals surface area contributed by atoms with Crippen molar-refractivity contribution in [2.45, 2.75) is 32.3 Å². The molecule has 124 valence electrons. The maximum atomic E-state index is 11.9. The first-order valence-corrected chi connectivity index (χ1v) is 8.60. The number of hydrogen-bond acceptors (Lipinski definition) is 4. The molecule has 0 spiro atoms. The van der Waals surface area contributed by atoms with E-state index in [0.29, 0.717) is 17.8 Å². The van der Waals surface area contributed by atoms with Crippen LogP contribution in [0.1, 0.15) is 36.5 Å². The monoisotopic (exact) mass is 429 g/mol. The molecule has 0 bridgehead atoms. The highest BCUT2D eigenvalue weighted by atomic mass is 127.